The maximum Gasteiger partial charge on any atom is 0.330 e. The fraction of sp³-hybridized carbons (Fsp3) is 0.500. The molecule has 0 saturated carbocycles. The van der Waals surface area contributed by atoms with E-state index in [0.29, 0.717) is 12.2 Å². The van der Waals surface area contributed by atoms with Crippen molar-refractivity contribution < 1.29 is 14.6 Å². The summed E-state index contributed by atoms with van der Waals surface area (Å²) in [6, 6.07) is 0. The van der Waals surface area contributed by atoms with Gasteiger partial charge in [-0.25, -0.2) is 4.79 Å². The molecule has 0 radical (unpaired) electrons. The first-order valence-corrected chi connectivity index (χ1v) is 5.95. The molecule has 0 amide bonds. The van der Waals surface area contributed by atoms with Gasteiger partial charge in [0, 0.05) is 18.4 Å². The molecule has 0 saturated heterocycles. The number of nitrogens with one attached hydrogen (secondary N) is 1. The second-order valence-electron chi connectivity index (χ2n) is 4.25. The summed E-state index contributed by atoms with van der Waals surface area (Å²) < 4.78 is 12.1. The third-order valence-electron chi connectivity index (χ3n) is 2.86. The molecule has 1 aliphatic rings. The van der Waals surface area contributed by atoms with Gasteiger partial charge < -0.3 is 14.6 Å². The quantitative estimate of drug-likeness (QED) is 0.728. The van der Waals surface area contributed by atoms with Crippen molar-refractivity contribution in [2.45, 2.75) is 25.9 Å². The standard InChI is InChI=1S/C12H16N2O5/c1-3-18-12(7-15)5-4-9(19-12)14-6-8(2)10(16)13-11(14)17/h4-6,9,15H,3,7H2,1-2H3,(H,13,16,17)/t9-,12+/m1/s1. The van der Waals surface area contributed by atoms with Crippen LogP contribution in [0.4, 0.5) is 0 Å². The van der Waals surface area contributed by atoms with E-state index in [4.69, 9.17) is 9.47 Å². The molecular weight excluding hydrogens is 252 g/mol. The van der Waals surface area contributed by atoms with Crippen LogP contribution in [0, 0.1) is 6.92 Å². The molecule has 0 bridgehead atoms. The number of H-pyrrole nitrogens is 1. The summed E-state index contributed by atoms with van der Waals surface area (Å²) in [7, 11) is 0. The van der Waals surface area contributed by atoms with Crippen molar-refractivity contribution in [3.8, 4) is 0 Å². The minimum Gasteiger partial charge on any atom is -0.390 e. The van der Waals surface area contributed by atoms with Crippen LogP contribution in [0.5, 0.6) is 0 Å². The molecule has 1 aromatic heterocycles. The zero-order valence-corrected chi connectivity index (χ0v) is 10.8. The number of nitrogens with zero attached hydrogens (tertiary/aromatic N) is 1. The Morgan fingerprint density at radius 3 is 2.95 bits per heavy atom. The summed E-state index contributed by atoms with van der Waals surface area (Å²) in [5.74, 6) is -1.23. The summed E-state index contributed by atoms with van der Waals surface area (Å²) in [5, 5.41) is 9.33. The Bertz CT molecular complexity index is 603. The van der Waals surface area contributed by atoms with E-state index in [1.165, 1.54) is 10.8 Å². The first kappa shape index (κ1) is 13.7. The summed E-state index contributed by atoms with van der Waals surface area (Å²) in [6.07, 6.45) is 3.86. The average Bonchev–Trinajstić information content (AvgIpc) is 2.79. The second-order valence-corrected chi connectivity index (χ2v) is 4.25. The van der Waals surface area contributed by atoms with E-state index in [2.05, 4.69) is 4.98 Å². The Balaban J connectivity index is 2.32. The summed E-state index contributed by atoms with van der Waals surface area (Å²) in [6.45, 7) is 3.37. The first-order chi connectivity index (χ1) is 9.01. The van der Waals surface area contributed by atoms with Gasteiger partial charge in [-0.3, -0.25) is 14.3 Å². The van der Waals surface area contributed by atoms with Crippen molar-refractivity contribution in [2.75, 3.05) is 13.2 Å². The van der Waals surface area contributed by atoms with Gasteiger partial charge in [0.05, 0.1) is 0 Å². The van der Waals surface area contributed by atoms with Crippen LogP contribution in [0.15, 0.2) is 27.9 Å². The normalized spacial score (nSPS) is 25.9. The number of hydrogen-bond donors (Lipinski definition) is 2. The lowest BCUT2D eigenvalue weighted by atomic mass is 10.3. The van der Waals surface area contributed by atoms with Crippen LogP contribution in [-0.4, -0.2) is 33.7 Å². The molecular formula is C12H16N2O5. The number of ether oxygens (including phenoxy) is 2. The largest absolute Gasteiger partial charge is 0.390 e. The molecule has 2 atom stereocenters. The maximum absolute atomic E-state index is 11.7. The average molecular weight is 268 g/mol. The maximum atomic E-state index is 11.7. The first-order valence-electron chi connectivity index (χ1n) is 5.95. The van der Waals surface area contributed by atoms with E-state index in [1.54, 1.807) is 26.0 Å². The van der Waals surface area contributed by atoms with Gasteiger partial charge in [0.1, 0.15) is 6.61 Å². The number of aryl methyl sites for hydroxylation is 1. The minimum atomic E-state index is -1.23. The van der Waals surface area contributed by atoms with E-state index >= 15 is 0 Å². The Hall–Kier alpha value is -1.70. The van der Waals surface area contributed by atoms with Gasteiger partial charge in [-0.1, -0.05) is 0 Å². The van der Waals surface area contributed by atoms with E-state index in [0.717, 1.165) is 0 Å². The highest BCUT2D eigenvalue weighted by Crippen LogP contribution is 2.29. The highest BCUT2D eigenvalue weighted by molar-refractivity contribution is 5.09. The molecule has 1 aromatic rings. The fourth-order valence-electron chi connectivity index (χ4n) is 1.90. The van der Waals surface area contributed by atoms with Gasteiger partial charge in [-0.2, -0.15) is 0 Å². The lowest BCUT2D eigenvalue weighted by molar-refractivity contribution is -0.236. The number of aromatic amines is 1. The van der Waals surface area contributed by atoms with Crippen LogP contribution < -0.4 is 11.2 Å². The molecule has 0 unspecified atom stereocenters. The molecule has 2 N–H and O–H groups in total. The third kappa shape index (κ3) is 2.53. The van der Waals surface area contributed by atoms with Gasteiger partial charge in [0.15, 0.2) is 6.23 Å². The fourth-order valence-corrected chi connectivity index (χ4v) is 1.90. The van der Waals surface area contributed by atoms with Gasteiger partial charge in [0.2, 0.25) is 5.79 Å². The van der Waals surface area contributed by atoms with E-state index in [-0.39, 0.29) is 6.61 Å². The Labute approximate surface area is 109 Å². The lowest BCUT2D eigenvalue weighted by Crippen LogP contribution is -2.39. The van der Waals surface area contributed by atoms with Crippen molar-refractivity contribution in [1.29, 1.82) is 0 Å². The van der Waals surface area contributed by atoms with Gasteiger partial charge in [0.25, 0.3) is 5.56 Å². The van der Waals surface area contributed by atoms with Crippen LogP contribution >= 0.6 is 0 Å². The Morgan fingerprint density at radius 2 is 2.32 bits per heavy atom. The minimum absolute atomic E-state index is 0.356. The zero-order chi connectivity index (χ0) is 14.0. The topological polar surface area (TPSA) is 93.5 Å². The van der Waals surface area contributed by atoms with E-state index in [1.807, 2.05) is 0 Å². The number of aliphatic hydroxyl groups excluding tert-OH is 1. The van der Waals surface area contributed by atoms with E-state index < -0.39 is 23.3 Å². The van der Waals surface area contributed by atoms with Crippen molar-refractivity contribution in [2.24, 2.45) is 0 Å². The molecule has 0 fully saturated rings. The highest BCUT2D eigenvalue weighted by atomic mass is 16.7. The van der Waals surface area contributed by atoms with Crippen LogP contribution in [-0.2, 0) is 9.47 Å². The van der Waals surface area contributed by atoms with Gasteiger partial charge in [-0.05, 0) is 26.0 Å². The van der Waals surface area contributed by atoms with Crippen LogP contribution in [0.25, 0.3) is 0 Å². The monoisotopic (exact) mass is 268 g/mol. The molecule has 2 heterocycles. The summed E-state index contributed by atoms with van der Waals surface area (Å²) >= 11 is 0. The summed E-state index contributed by atoms with van der Waals surface area (Å²) in [5.41, 5.74) is -0.605. The molecule has 0 spiro atoms. The van der Waals surface area contributed by atoms with Crippen molar-refractivity contribution in [3.05, 3.63) is 44.8 Å². The van der Waals surface area contributed by atoms with Gasteiger partial charge >= 0.3 is 5.69 Å². The third-order valence-corrected chi connectivity index (χ3v) is 2.86. The molecule has 2 rings (SSSR count). The summed E-state index contributed by atoms with van der Waals surface area (Å²) in [4.78, 5) is 25.2. The molecule has 104 valence electrons. The smallest absolute Gasteiger partial charge is 0.330 e. The van der Waals surface area contributed by atoms with Gasteiger partial charge in [-0.15, -0.1) is 0 Å². The van der Waals surface area contributed by atoms with Crippen LogP contribution in [0.3, 0.4) is 0 Å². The number of rotatable bonds is 4. The molecule has 19 heavy (non-hydrogen) atoms. The SMILES string of the molecule is CCO[C@@]1(CO)C=C[C@H](n2cc(C)c(=O)[nH]c2=O)O1. The van der Waals surface area contributed by atoms with Crippen molar-refractivity contribution >= 4 is 0 Å². The van der Waals surface area contributed by atoms with Crippen molar-refractivity contribution in [1.82, 2.24) is 9.55 Å². The predicted molar refractivity (Wildman–Crippen MR) is 66.8 cm³/mol. The lowest BCUT2D eigenvalue weighted by Gasteiger charge is -2.26. The Morgan fingerprint density at radius 1 is 1.58 bits per heavy atom. The second kappa shape index (κ2) is 5.12. The molecule has 1 aliphatic heterocycles. The predicted octanol–water partition coefficient (Wildman–Crippen LogP) is -0.345. The molecule has 7 nitrogen and oxygen atoms in total. The van der Waals surface area contributed by atoms with Crippen molar-refractivity contribution in [3.63, 3.8) is 0 Å². The number of hydrogen-bond acceptors (Lipinski definition) is 5. The van der Waals surface area contributed by atoms with Crippen LogP contribution in [0.2, 0.25) is 0 Å². The number of aliphatic hydroxyl groups is 1. The molecule has 0 aliphatic carbocycles. The van der Waals surface area contributed by atoms with E-state index in [9.17, 15) is 14.7 Å². The zero-order valence-electron chi connectivity index (χ0n) is 10.8. The molecule has 7 heteroatoms. The Kier molecular flexibility index (Phi) is 3.70. The number of aromatic nitrogens is 2. The highest BCUT2D eigenvalue weighted by Gasteiger charge is 2.37. The van der Waals surface area contributed by atoms with Crippen LogP contribution in [0.1, 0.15) is 18.7 Å². The molecule has 0 aromatic carbocycles.